The molecule has 5 nitrogen and oxygen atoms in total. The summed E-state index contributed by atoms with van der Waals surface area (Å²) in [7, 11) is 1.07. The molecular weight excluding hydrogens is 240 g/mol. The van der Waals surface area contributed by atoms with Crippen LogP contribution in [0.25, 0.3) is 0 Å². The molecule has 102 valence electrons. The van der Waals surface area contributed by atoms with E-state index in [-0.39, 0.29) is 5.75 Å². The van der Waals surface area contributed by atoms with Gasteiger partial charge < -0.3 is 15.0 Å². The monoisotopic (exact) mass is 264 g/mol. The minimum absolute atomic E-state index is 0.224. The second-order valence-corrected chi connectivity index (χ2v) is 7.17. The van der Waals surface area contributed by atoms with E-state index >= 15 is 0 Å². The molecule has 1 rings (SSSR count). The molecule has 1 aliphatic heterocycles. The molecule has 2 unspecified atom stereocenters. The average molecular weight is 264 g/mol. The fourth-order valence-electron chi connectivity index (χ4n) is 2.17. The minimum Gasteiger partial charge on any atom is -0.381 e. The van der Waals surface area contributed by atoms with Crippen LogP contribution in [-0.2, 0) is 14.6 Å². The molecule has 1 heterocycles. The molecular formula is C11H24N2O3S. The van der Waals surface area contributed by atoms with Crippen molar-refractivity contribution in [2.24, 2.45) is 5.92 Å². The van der Waals surface area contributed by atoms with Crippen LogP contribution < -0.4 is 5.32 Å². The van der Waals surface area contributed by atoms with E-state index in [1.165, 1.54) is 6.26 Å². The van der Waals surface area contributed by atoms with Crippen LogP contribution in [0.3, 0.4) is 0 Å². The van der Waals surface area contributed by atoms with Crippen LogP contribution in [0, 0.1) is 5.92 Å². The largest absolute Gasteiger partial charge is 0.381 e. The number of hydrogen-bond acceptors (Lipinski definition) is 5. The number of ether oxygens (including phenoxy) is 1. The van der Waals surface area contributed by atoms with Gasteiger partial charge in [-0.05, 0) is 20.5 Å². The zero-order chi connectivity index (χ0) is 12.9. The Labute approximate surface area is 104 Å². The lowest BCUT2D eigenvalue weighted by Gasteiger charge is -2.34. The molecule has 1 N–H and O–H groups in total. The predicted molar refractivity (Wildman–Crippen MR) is 69.0 cm³/mol. The van der Waals surface area contributed by atoms with Crippen molar-refractivity contribution in [1.82, 2.24) is 10.2 Å². The van der Waals surface area contributed by atoms with Crippen molar-refractivity contribution in [2.75, 3.05) is 52.4 Å². The number of hydrogen-bond donors (Lipinski definition) is 1. The first-order valence-corrected chi connectivity index (χ1v) is 8.09. The van der Waals surface area contributed by atoms with E-state index in [0.29, 0.717) is 18.5 Å². The summed E-state index contributed by atoms with van der Waals surface area (Å²) in [6, 6.07) is 0.476. The van der Waals surface area contributed by atoms with Gasteiger partial charge in [-0.15, -0.1) is 0 Å². The summed E-state index contributed by atoms with van der Waals surface area (Å²) < 4.78 is 27.6. The lowest BCUT2D eigenvalue weighted by atomic mass is 9.95. The molecule has 0 spiro atoms. The summed E-state index contributed by atoms with van der Waals surface area (Å²) in [6.07, 6.45) is 2.31. The van der Waals surface area contributed by atoms with E-state index in [9.17, 15) is 8.42 Å². The van der Waals surface area contributed by atoms with Crippen LogP contribution in [0.2, 0.25) is 0 Å². The Morgan fingerprint density at radius 2 is 2.18 bits per heavy atom. The lowest BCUT2D eigenvalue weighted by molar-refractivity contribution is 0.0223. The summed E-state index contributed by atoms with van der Waals surface area (Å²) in [5.41, 5.74) is 0. The summed E-state index contributed by atoms with van der Waals surface area (Å²) in [5.74, 6) is 0.666. The second kappa shape index (κ2) is 6.68. The third kappa shape index (κ3) is 5.81. The fourth-order valence-corrected chi connectivity index (χ4v) is 2.81. The zero-order valence-corrected chi connectivity index (χ0v) is 11.8. The second-order valence-electron chi connectivity index (χ2n) is 4.91. The van der Waals surface area contributed by atoms with Crippen molar-refractivity contribution in [2.45, 2.75) is 12.5 Å². The van der Waals surface area contributed by atoms with Gasteiger partial charge in [-0.25, -0.2) is 8.42 Å². The molecule has 2 atom stereocenters. The Morgan fingerprint density at radius 3 is 2.76 bits per heavy atom. The molecule has 0 radical (unpaired) electrons. The van der Waals surface area contributed by atoms with E-state index in [1.807, 2.05) is 14.1 Å². The van der Waals surface area contributed by atoms with Gasteiger partial charge in [-0.3, -0.25) is 0 Å². The summed E-state index contributed by atoms with van der Waals surface area (Å²) in [5, 5.41) is 3.31. The van der Waals surface area contributed by atoms with Gasteiger partial charge in [0.25, 0.3) is 0 Å². The summed E-state index contributed by atoms with van der Waals surface area (Å²) in [4.78, 5) is 2.07. The maximum Gasteiger partial charge on any atom is 0.148 e. The van der Waals surface area contributed by atoms with Crippen molar-refractivity contribution in [3.8, 4) is 0 Å². The summed E-state index contributed by atoms with van der Waals surface area (Å²) in [6.45, 7) is 3.04. The first-order valence-electron chi connectivity index (χ1n) is 6.03. The SMILES string of the molecule is CNC1CCOCC1CN(C)CCS(C)(=O)=O. The van der Waals surface area contributed by atoms with Crippen LogP contribution in [0.15, 0.2) is 0 Å². The normalized spacial score (nSPS) is 26.4. The molecule has 0 bridgehead atoms. The Hall–Kier alpha value is -0.170. The third-order valence-corrected chi connectivity index (χ3v) is 4.16. The van der Waals surface area contributed by atoms with Gasteiger partial charge in [0.1, 0.15) is 9.84 Å². The van der Waals surface area contributed by atoms with Crippen molar-refractivity contribution >= 4 is 9.84 Å². The fraction of sp³-hybridized carbons (Fsp3) is 1.00. The standard InChI is InChI=1S/C11H24N2O3S/c1-12-11-4-6-16-9-10(11)8-13(2)5-7-17(3,14)15/h10-12H,4-9H2,1-3H3. The Kier molecular flexibility index (Phi) is 5.85. The van der Waals surface area contributed by atoms with Gasteiger partial charge in [-0.1, -0.05) is 0 Å². The maximum absolute atomic E-state index is 11.1. The molecule has 1 aliphatic rings. The molecule has 0 amide bonds. The lowest BCUT2D eigenvalue weighted by Crippen LogP contribution is -2.46. The van der Waals surface area contributed by atoms with Gasteiger partial charge in [0.05, 0.1) is 12.4 Å². The highest BCUT2D eigenvalue weighted by atomic mass is 32.2. The van der Waals surface area contributed by atoms with Gasteiger partial charge in [0.15, 0.2) is 0 Å². The van der Waals surface area contributed by atoms with Gasteiger partial charge in [0.2, 0.25) is 0 Å². The Bertz CT molecular complexity index is 319. The minimum atomic E-state index is -2.87. The molecule has 0 aromatic carbocycles. The average Bonchev–Trinajstić information content (AvgIpc) is 2.26. The molecule has 1 fully saturated rings. The number of nitrogens with zero attached hydrogens (tertiary/aromatic N) is 1. The molecule has 0 aliphatic carbocycles. The van der Waals surface area contributed by atoms with E-state index in [2.05, 4.69) is 10.2 Å². The highest BCUT2D eigenvalue weighted by molar-refractivity contribution is 7.90. The molecule has 17 heavy (non-hydrogen) atoms. The van der Waals surface area contributed by atoms with Gasteiger partial charge in [-0.2, -0.15) is 0 Å². The first-order chi connectivity index (χ1) is 7.92. The Morgan fingerprint density at radius 1 is 1.47 bits per heavy atom. The highest BCUT2D eigenvalue weighted by Crippen LogP contribution is 2.15. The van der Waals surface area contributed by atoms with E-state index in [4.69, 9.17) is 4.74 Å². The van der Waals surface area contributed by atoms with E-state index in [0.717, 1.165) is 26.2 Å². The van der Waals surface area contributed by atoms with Crippen LogP contribution in [0.4, 0.5) is 0 Å². The van der Waals surface area contributed by atoms with Crippen LogP contribution in [-0.4, -0.2) is 71.8 Å². The molecule has 0 aromatic rings. The van der Waals surface area contributed by atoms with Crippen molar-refractivity contribution in [3.63, 3.8) is 0 Å². The topological polar surface area (TPSA) is 58.6 Å². The molecule has 1 saturated heterocycles. The van der Waals surface area contributed by atoms with Crippen LogP contribution in [0.1, 0.15) is 6.42 Å². The van der Waals surface area contributed by atoms with Crippen LogP contribution in [0.5, 0.6) is 0 Å². The molecule has 6 heteroatoms. The first kappa shape index (κ1) is 14.9. The third-order valence-electron chi connectivity index (χ3n) is 3.23. The number of nitrogens with one attached hydrogen (secondary N) is 1. The van der Waals surface area contributed by atoms with E-state index < -0.39 is 9.84 Å². The number of rotatable bonds is 6. The van der Waals surface area contributed by atoms with Gasteiger partial charge in [0, 0.05) is 37.9 Å². The maximum atomic E-state index is 11.1. The molecule has 0 aromatic heterocycles. The van der Waals surface area contributed by atoms with Crippen molar-refractivity contribution in [3.05, 3.63) is 0 Å². The smallest absolute Gasteiger partial charge is 0.148 e. The van der Waals surface area contributed by atoms with Gasteiger partial charge >= 0.3 is 0 Å². The zero-order valence-electron chi connectivity index (χ0n) is 11.0. The predicted octanol–water partition coefficient (Wildman–Crippen LogP) is -0.413. The summed E-state index contributed by atoms with van der Waals surface area (Å²) >= 11 is 0. The quantitative estimate of drug-likeness (QED) is 0.706. The van der Waals surface area contributed by atoms with E-state index in [1.54, 1.807) is 0 Å². The van der Waals surface area contributed by atoms with Crippen molar-refractivity contribution in [1.29, 1.82) is 0 Å². The van der Waals surface area contributed by atoms with Crippen LogP contribution >= 0.6 is 0 Å². The molecule has 0 saturated carbocycles. The number of sulfone groups is 1. The highest BCUT2D eigenvalue weighted by Gasteiger charge is 2.25. The Balaban J connectivity index is 2.35. The van der Waals surface area contributed by atoms with Crippen molar-refractivity contribution < 1.29 is 13.2 Å².